The SMILES string of the molecule is COCCC(C)(O)CN1C(=O)C=CC1=O. The summed E-state index contributed by atoms with van der Waals surface area (Å²) in [6.45, 7) is 1.96. The largest absolute Gasteiger partial charge is 0.388 e. The predicted molar refractivity (Wildman–Crippen MR) is 53.0 cm³/mol. The summed E-state index contributed by atoms with van der Waals surface area (Å²) in [6, 6.07) is 0. The van der Waals surface area contributed by atoms with E-state index in [-0.39, 0.29) is 18.4 Å². The summed E-state index contributed by atoms with van der Waals surface area (Å²) in [5, 5.41) is 9.89. The molecule has 1 unspecified atom stereocenters. The molecule has 0 aliphatic carbocycles. The van der Waals surface area contributed by atoms with Crippen molar-refractivity contribution in [3.8, 4) is 0 Å². The lowest BCUT2D eigenvalue weighted by atomic mass is 10.0. The first-order valence-electron chi connectivity index (χ1n) is 4.71. The fraction of sp³-hybridized carbons (Fsp3) is 0.600. The summed E-state index contributed by atoms with van der Waals surface area (Å²) in [5.74, 6) is -0.754. The second-order valence-corrected chi connectivity index (χ2v) is 3.84. The molecule has 0 fully saturated rings. The van der Waals surface area contributed by atoms with Crippen LogP contribution in [0, 0.1) is 0 Å². The number of methoxy groups -OCH3 is 1. The summed E-state index contributed by atoms with van der Waals surface area (Å²) < 4.78 is 4.83. The molecule has 0 aromatic heterocycles. The maximum atomic E-state index is 11.2. The number of amides is 2. The minimum Gasteiger partial charge on any atom is -0.388 e. The quantitative estimate of drug-likeness (QED) is 0.637. The second kappa shape index (κ2) is 4.55. The fourth-order valence-electron chi connectivity index (χ4n) is 1.33. The van der Waals surface area contributed by atoms with Gasteiger partial charge >= 0.3 is 0 Å². The number of hydrogen-bond donors (Lipinski definition) is 1. The molecule has 5 heteroatoms. The van der Waals surface area contributed by atoms with Crippen molar-refractivity contribution in [1.82, 2.24) is 4.90 Å². The highest BCUT2D eigenvalue weighted by Gasteiger charge is 2.31. The van der Waals surface area contributed by atoms with E-state index in [9.17, 15) is 14.7 Å². The standard InChI is InChI=1S/C10H15NO4/c1-10(14,5-6-15-2)7-11-8(12)3-4-9(11)13/h3-4,14H,5-7H2,1-2H3. The van der Waals surface area contributed by atoms with E-state index in [0.29, 0.717) is 13.0 Å². The maximum absolute atomic E-state index is 11.2. The minimum absolute atomic E-state index is 0.00102. The molecule has 84 valence electrons. The third-order valence-electron chi connectivity index (χ3n) is 2.24. The average molecular weight is 213 g/mol. The van der Waals surface area contributed by atoms with Gasteiger partial charge in [0, 0.05) is 32.3 Å². The molecular formula is C10H15NO4. The van der Waals surface area contributed by atoms with Crippen molar-refractivity contribution in [2.75, 3.05) is 20.3 Å². The van der Waals surface area contributed by atoms with Gasteiger partial charge in [-0.1, -0.05) is 0 Å². The normalized spacial score (nSPS) is 19.8. The summed E-state index contributed by atoms with van der Waals surface area (Å²) in [6.07, 6.45) is 2.78. The first kappa shape index (κ1) is 11.9. The van der Waals surface area contributed by atoms with Gasteiger partial charge in [0.2, 0.25) is 0 Å². The number of β-amino-alcohol motifs (C(OH)–C–C–N with tert-alkyl or cyclic N) is 1. The lowest BCUT2D eigenvalue weighted by Gasteiger charge is -2.27. The van der Waals surface area contributed by atoms with Crippen molar-refractivity contribution in [3.63, 3.8) is 0 Å². The lowest BCUT2D eigenvalue weighted by Crippen LogP contribution is -2.44. The lowest BCUT2D eigenvalue weighted by molar-refractivity contribution is -0.141. The molecule has 0 aromatic carbocycles. The van der Waals surface area contributed by atoms with E-state index in [4.69, 9.17) is 4.74 Å². The zero-order chi connectivity index (χ0) is 11.5. The molecule has 1 aliphatic rings. The molecule has 0 radical (unpaired) electrons. The molecular weight excluding hydrogens is 198 g/mol. The first-order chi connectivity index (χ1) is 6.96. The molecule has 0 bridgehead atoms. The number of imide groups is 1. The first-order valence-corrected chi connectivity index (χ1v) is 4.71. The molecule has 1 aliphatic heterocycles. The Labute approximate surface area is 88.3 Å². The van der Waals surface area contributed by atoms with Crippen molar-refractivity contribution in [1.29, 1.82) is 0 Å². The molecule has 0 saturated heterocycles. The number of aliphatic hydroxyl groups is 1. The molecule has 0 aromatic rings. The van der Waals surface area contributed by atoms with Crippen LogP contribution in [-0.2, 0) is 14.3 Å². The van der Waals surface area contributed by atoms with E-state index in [1.54, 1.807) is 6.92 Å². The summed E-state index contributed by atoms with van der Waals surface area (Å²) in [5.41, 5.74) is -1.10. The second-order valence-electron chi connectivity index (χ2n) is 3.84. The van der Waals surface area contributed by atoms with Gasteiger partial charge in [-0.25, -0.2) is 0 Å². The van der Waals surface area contributed by atoms with Gasteiger partial charge in [0.15, 0.2) is 0 Å². The van der Waals surface area contributed by atoms with Gasteiger partial charge in [0.05, 0.1) is 12.1 Å². The molecule has 5 nitrogen and oxygen atoms in total. The Morgan fingerprint density at radius 1 is 1.40 bits per heavy atom. The van der Waals surface area contributed by atoms with Gasteiger partial charge in [-0.05, 0) is 6.92 Å². The van der Waals surface area contributed by atoms with Crippen molar-refractivity contribution in [2.45, 2.75) is 18.9 Å². The van der Waals surface area contributed by atoms with Gasteiger partial charge in [-0.15, -0.1) is 0 Å². The Morgan fingerprint density at radius 3 is 2.40 bits per heavy atom. The van der Waals surface area contributed by atoms with E-state index in [1.165, 1.54) is 19.3 Å². The van der Waals surface area contributed by atoms with E-state index in [2.05, 4.69) is 0 Å². The number of nitrogens with zero attached hydrogens (tertiary/aromatic N) is 1. The summed E-state index contributed by atoms with van der Waals surface area (Å²) >= 11 is 0. The maximum Gasteiger partial charge on any atom is 0.253 e. The van der Waals surface area contributed by atoms with Crippen LogP contribution >= 0.6 is 0 Å². The Balaban J connectivity index is 2.53. The Hall–Kier alpha value is -1.20. The highest BCUT2D eigenvalue weighted by atomic mass is 16.5. The van der Waals surface area contributed by atoms with Crippen LogP contribution in [0.4, 0.5) is 0 Å². The monoisotopic (exact) mass is 213 g/mol. The smallest absolute Gasteiger partial charge is 0.253 e. The number of ether oxygens (including phenoxy) is 1. The van der Waals surface area contributed by atoms with E-state index < -0.39 is 5.60 Å². The van der Waals surface area contributed by atoms with E-state index >= 15 is 0 Å². The number of carbonyl (C=O) groups excluding carboxylic acids is 2. The molecule has 0 saturated carbocycles. The molecule has 1 heterocycles. The van der Waals surface area contributed by atoms with E-state index in [0.717, 1.165) is 4.90 Å². The van der Waals surface area contributed by atoms with Crippen LogP contribution in [0.5, 0.6) is 0 Å². The van der Waals surface area contributed by atoms with Gasteiger partial charge in [0.25, 0.3) is 11.8 Å². The number of rotatable bonds is 5. The summed E-state index contributed by atoms with van der Waals surface area (Å²) in [7, 11) is 1.53. The topological polar surface area (TPSA) is 66.8 Å². The van der Waals surface area contributed by atoms with Crippen LogP contribution in [0.25, 0.3) is 0 Å². The van der Waals surface area contributed by atoms with Crippen LogP contribution in [0.3, 0.4) is 0 Å². The highest BCUT2D eigenvalue weighted by molar-refractivity contribution is 6.12. The zero-order valence-electron chi connectivity index (χ0n) is 8.90. The molecule has 15 heavy (non-hydrogen) atoms. The number of hydrogen-bond acceptors (Lipinski definition) is 4. The van der Waals surface area contributed by atoms with E-state index in [1.807, 2.05) is 0 Å². The summed E-state index contributed by atoms with van der Waals surface area (Å²) in [4.78, 5) is 23.4. The Morgan fingerprint density at radius 2 is 1.93 bits per heavy atom. The van der Waals surface area contributed by atoms with Crippen LogP contribution in [0.1, 0.15) is 13.3 Å². The Kier molecular flexibility index (Phi) is 3.60. The molecule has 1 N–H and O–H groups in total. The molecule has 1 rings (SSSR count). The molecule has 0 spiro atoms. The average Bonchev–Trinajstić information content (AvgIpc) is 2.46. The van der Waals surface area contributed by atoms with Crippen molar-refractivity contribution >= 4 is 11.8 Å². The van der Waals surface area contributed by atoms with Crippen molar-refractivity contribution < 1.29 is 19.4 Å². The van der Waals surface area contributed by atoms with Gasteiger partial charge in [-0.2, -0.15) is 0 Å². The van der Waals surface area contributed by atoms with Crippen molar-refractivity contribution in [2.24, 2.45) is 0 Å². The van der Waals surface area contributed by atoms with Crippen molar-refractivity contribution in [3.05, 3.63) is 12.2 Å². The minimum atomic E-state index is -1.10. The predicted octanol–water partition coefficient (Wildman–Crippen LogP) is -0.301. The third-order valence-corrected chi connectivity index (χ3v) is 2.24. The molecule has 1 atom stereocenters. The van der Waals surface area contributed by atoms with Crippen LogP contribution < -0.4 is 0 Å². The van der Waals surface area contributed by atoms with Gasteiger partial charge < -0.3 is 9.84 Å². The van der Waals surface area contributed by atoms with Gasteiger partial charge in [0.1, 0.15) is 0 Å². The molecule has 2 amide bonds. The van der Waals surface area contributed by atoms with Crippen LogP contribution in [0.15, 0.2) is 12.2 Å². The number of carbonyl (C=O) groups is 2. The van der Waals surface area contributed by atoms with Gasteiger partial charge in [-0.3, -0.25) is 14.5 Å². The highest BCUT2D eigenvalue weighted by Crippen LogP contribution is 2.14. The van der Waals surface area contributed by atoms with Crippen LogP contribution in [0.2, 0.25) is 0 Å². The third kappa shape index (κ3) is 3.14. The van der Waals surface area contributed by atoms with Crippen LogP contribution in [-0.4, -0.2) is 47.7 Å². The fourth-order valence-corrected chi connectivity index (χ4v) is 1.33. The zero-order valence-corrected chi connectivity index (χ0v) is 8.90. The Bertz CT molecular complexity index is 278.